The van der Waals surface area contributed by atoms with Crippen molar-refractivity contribution in [3.05, 3.63) is 59.2 Å². The Labute approximate surface area is 200 Å². The lowest BCUT2D eigenvalue weighted by atomic mass is 9.89. The molecule has 0 bridgehead atoms. The van der Waals surface area contributed by atoms with E-state index in [1.807, 2.05) is 48.2 Å². The zero-order chi connectivity index (χ0) is 22.0. The molecule has 1 aromatic heterocycles. The average Bonchev–Trinajstić information content (AvgIpc) is 2.82. The highest BCUT2D eigenvalue weighted by Gasteiger charge is 2.30. The smallest absolute Gasteiger partial charge is 0.239 e. The number of amides is 1. The number of carbonyl (C=O) groups excluding carboxylic acids is 1. The molecule has 2 atom stereocenters. The third-order valence-corrected chi connectivity index (χ3v) is 6.82. The molecule has 170 valence electrons. The van der Waals surface area contributed by atoms with Crippen LogP contribution in [0.25, 0.3) is 22.0 Å². The van der Waals surface area contributed by atoms with E-state index in [1.165, 1.54) is 0 Å². The van der Waals surface area contributed by atoms with Crippen LogP contribution in [0.5, 0.6) is 0 Å². The molecule has 2 heterocycles. The number of hydrogen-bond donors (Lipinski definition) is 1. The summed E-state index contributed by atoms with van der Waals surface area (Å²) in [6.45, 7) is 5.53. The van der Waals surface area contributed by atoms with Gasteiger partial charge < -0.3 is 10.6 Å². The maximum atomic E-state index is 12.7. The van der Waals surface area contributed by atoms with Crippen molar-refractivity contribution in [2.24, 2.45) is 11.7 Å². The predicted octanol–water partition coefficient (Wildman–Crippen LogP) is 5.45. The largest absolute Gasteiger partial charge is 0.341 e. The van der Waals surface area contributed by atoms with E-state index in [0.717, 1.165) is 47.0 Å². The summed E-state index contributed by atoms with van der Waals surface area (Å²) < 4.78 is 0. The summed E-state index contributed by atoms with van der Waals surface area (Å²) in [6, 6.07) is 15.6. The zero-order valence-electron chi connectivity index (χ0n) is 18.5. The van der Waals surface area contributed by atoms with Gasteiger partial charge in [0.25, 0.3) is 0 Å². The number of likely N-dealkylation sites (tertiary alicyclic amines) is 1. The molecule has 3 aromatic rings. The fraction of sp³-hybridized carbons (Fsp3) is 0.400. The molecule has 2 aromatic carbocycles. The molecule has 0 unspecified atom stereocenters. The van der Waals surface area contributed by atoms with Crippen LogP contribution in [0.4, 0.5) is 0 Å². The molecule has 1 aliphatic heterocycles. The Hall–Kier alpha value is -2.21. The van der Waals surface area contributed by atoms with Crippen LogP contribution in [-0.4, -0.2) is 40.1 Å². The fourth-order valence-corrected chi connectivity index (χ4v) is 4.45. The van der Waals surface area contributed by atoms with Gasteiger partial charge in [-0.05, 0) is 30.9 Å². The maximum absolute atomic E-state index is 12.7. The molecule has 1 saturated heterocycles. The standard InChI is InChI=1S/C25H29ClN4O.ClH/c1-3-16(2)22(27)25(31)30-14-12-18(13-15-30)24-21-7-5-4-6-20(21)23(28-29-24)17-8-10-19(26)11-9-17;/h4-11,16,18,22H,3,12-15,27H2,1-2H3;1H/t16-,22-;/m0./s1. The molecule has 0 spiro atoms. The van der Waals surface area contributed by atoms with Crippen molar-refractivity contribution in [1.29, 1.82) is 0 Å². The molecule has 2 N–H and O–H groups in total. The van der Waals surface area contributed by atoms with Gasteiger partial charge in [-0.3, -0.25) is 4.79 Å². The highest BCUT2D eigenvalue weighted by Crippen LogP contribution is 2.35. The van der Waals surface area contributed by atoms with Crippen LogP contribution in [0, 0.1) is 5.92 Å². The number of aromatic nitrogens is 2. The number of carbonyl (C=O) groups is 1. The number of benzene rings is 2. The van der Waals surface area contributed by atoms with Crippen LogP contribution in [0.3, 0.4) is 0 Å². The number of halogens is 2. The molecule has 1 aliphatic rings. The predicted molar refractivity (Wildman–Crippen MR) is 133 cm³/mol. The number of piperidine rings is 1. The van der Waals surface area contributed by atoms with Gasteiger partial charge in [-0.1, -0.05) is 68.3 Å². The minimum Gasteiger partial charge on any atom is -0.341 e. The first kappa shape index (κ1) is 24.4. The minimum absolute atomic E-state index is 0. The summed E-state index contributed by atoms with van der Waals surface area (Å²) in [6.07, 6.45) is 2.65. The number of nitrogens with zero attached hydrogens (tertiary/aromatic N) is 3. The summed E-state index contributed by atoms with van der Waals surface area (Å²) in [5.74, 6) is 0.544. The van der Waals surface area contributed by atoms with Crippen molar-refractivity contribution in [3.63, 3.8) is 0 Å². The second kappa shape index (κ2) is 10.6. The van der Waals surface area contributed by atoms with E-state index in [0.29, 0.717) is 18.1 Å². The van der Waals surface area contributed by atoms with Crippen molar-refractivity contribution in [1.82, 2.24) is 15.1 Å². The Morgan fingerprint density at radius 1 is 1.09 bits per heavy atom. The molecule has 1 amide bonds. The second-order valence-corrected chi connectivity index (χ2v) is 8.93. The Bertz CT molecular complexity index is 1070. The molecular weight excluding hydrogens is 443 g/mol. The van der Waals surface area contributed by atoms with E-state index < -0.39 is 6.04 Å². The average molecular weight is 473 g/mol. The van der Waals surface area contributed by atoms with Crippen LogP contribution in [0.1, 0.15) is 44.7 Å². The molecule has 0 saturated carbocycles. The summed E-state index contributed by atoms with van der Waals surface area (Å²) in [5.41, 5.74) is 9.06. The Kier molecular flexibility index (Phi) is 8.10. The van der Waals surface area contributed by atoms with Gasteiger partial charge in [-0.2, -0.15) is 5.10 Å². The Balaban J connectivity index is 0.00000289. The van der Waals surface area contributed by atoms with E-state index >= 15 is 0 Å². The van der Waals surface area contributed by atoms with Crippen molar-refractivity contribution in [2.75, 3.05) is 13.1 Å². The minimum atomic E-state index is -0.416. The van der Waals surface area contributed by atoms with Gasteiger partial charge in [-0.15, -0.1) is 17.5 Å². The van der Waals surface area contributed by atoms with Crippen LogP contribution in [0.15, 0.2) is 48.5 Å². The lowest BCUT2D eigenvalue weighted by Crippen LogP contribution is -2.49. The van der Waals surface area contributed by atoms with Gasteiger partial charge in [0, 0.05) is 40.4 Å². The van der Waals surface area contributed by atoms with E-state index in [1.54, 1.807) is 0 Å². The quantitative estimate of drug-likeness (QED) is 0.535. The third-order valence-electron chi connectivity index (χ3n) is 6.57. The Morgan fingerprint density at radius 2 is 1.72 bits per heavy atom. The molecule has 1 fully saturated rings. The van der Waals surface area contributed by atoms with E-state index in [4.69, 9.17) is 17.3 Å². The van der Waals surface area contributed by atoms with Gasteiger partial charge >= 0.3 is 0 Å². The molecule has 0 radical (unpaired) electrons. The summed E-state index contributed by atoms with van der Waals surface area (Å²) in [5, 5.41) is 12.2. The van der Waals surface area contributed by atoms with Crippen molar-refractivity contribution >= 4 is 40.7 Å². The van der Waals surface area contributed by atoms with E-state index in [9.17, 15) is 4.79 Å². The fourth-order valence-electron chi connectivity index (χ4n) is 4.33. The maximum Gasteiger partial charge on any atom is 0.239 e. The lowest BCUT2D eigenvalue weighted by molar-refractivity contribution is -0.134. The number of rotatable bonds is 5. The molecule has 32 heavy (non-hydrogen) atoms. The van der Waals surface area contributed by atoms with Crippen molar-refractivity contribution < 1.29 is 4.79 Å². The van der Waals surface area contributed by atoms with Gasteiger partial charge in [0.15, 0.2) is 0 Å². The van der Waals surface area contributed by atoms with Crippen LogP contribution >= 0.6 is 24.0 Å². The topological polar surface area (TPSA) is 72.1 Å². The van der Waals surface area contributed by atoms with E-state index in [-0.39, 0.29) is 30.2 Å². The normalized spacial score (nSPS) is 16.4. The molecule has 0 aliphatic carbocycles. The van der Waals surface area contributed by atoms with Gasteiger partial charge in [0.1, 0.15) is 5.69 Å². The third kappa shape index (κ3) is 4.90. The molecular formula is C25H30Cl2N4O. The first-order valence-electron chi connectivity index (χ1n) is 11.0. The van der Waals surface area contributed by atoms with Crippen LogP contribution < -0.4 is 5.73 Å². The van der Waals surface area contributed by atoms with Gasteiger partial charge in [0.05, 0.1) is 11.7 Å². The highest BCUT2D eigenvalue weighted by molar-refractivity contribution is 6.30. The Morgan fingerprint density at radius 3 is 2.34 bits per heavy atom. The van der Waals surface area contributed by atoms with Crippen molar-refractivity contribution in [2.45, 2.75) is 45.1 Å². The zero-order valence-corrected chi connectivity index (χ0v) is 20.1. The van der Waals surface area contributed by atoms with Gasteiger partial charge in [0.2, 0.25) is 5.91 Å². The number of nitrogens with two attached hydrogens (primary N) is 1. The number of hydrogen-bond acceptors (Lipinski definition) is 4. The van der Waals surface area contributed by atoms with Crippen molar-refractivity contribution in [3.8, 4) is 11.3 Å². The number of fused-ring (bicyclic) bond motifs is 1. The SMILES string of the molecule is CC[C@H](C)[C@H](N)C(=O)N1CCC(c2nnc(-c3ccc(Cl)cc3)c3ccccc23)CC1.Cl. The first-order chi connectivity index (χ1) is 15.0. The van der Waals surface area contributed by atoms with Crippen LogP contribution in [0.2, 0.25) is 5.02 Å². The first-order valence-corrected chi connectivity index (χ1v) is 11.4. The summed E-state index contributed by atoms with van der Waals surface area (Å²) >= 11 is 6.05. The molecule has 7 heteroatoms. The lowest BCUT2D eigenvalue weighted by Gasteiger charge is -2.34. The summed E-state index contributed by atoms with van der Waals surface area (Å²) in [7, 11) is 0. The second-order valence-electron chi connectivity index (χ2n) is 8.50. The highest BCUT2D eigenvalue weighted by atomic mass is 35.5. The van der Waals surface area contributed by atoms with Gasteiger partial charge in [-0.25, -0.2) is 0 Å². The molecule has 4 rings (SSSR count). The monoisotopic (exact) mass is 472 g/mol. The summed E-state index contributed by atoms with van der Waals surface area (Å²) in [4.78, 5) is 14.7. The van der Waals surface area contributed by atoms with E-state index in [2.05, 4.69) is 29.3 Å². The van der Waals surface area contributed by atoms with Crippen LogP contribution in [-0.2, 0) is 4.79 Å². The molecule has 5 nitrogen and oxygen atoms in total.